The number of rotatable bonds is 7. The van der Waals surface area contributed by atoms with Gasteiger partial charge in [0.25, 0.3) is 10.0 Å². The fourth-order valence-electron chi connectivity index (χ4n) is 2.71. The van der Waals surface area contributed by atoms with Gasteiger partial charge in [-0.3, -0.25) is 9.10 Å². The van der Waals surface area contributed by atoms with Crippen molar-refractivity contribution >= 4 is 21.7 Å². The molecule has 0 aromatic heterocycles. The molecular formula is C22H20FNO5S. The van der Waals surface area contributed by atoms with Crippen LogP contribution in [0.2, 0.25) is 0 Å². The van der Waals surface area contributed by atoms with Crippen LogP contribution in [0.4, 0.5) is 10.1 Å². The quantitative estimate of drug-likeness (QED) is 0.422. The maximum absolute atomic E-state index is 12.9. The molecule has 0 aliphatic heterocycles. The first kappa shape index (κ1) is 21.3. The molecule has 0 aliphatic carbocycles. The molecule has 0 heterocycles. The van der Waals surface area contributed by atoms with E-state index in [9.17, 15) is 17.6 Å². The number of nitrogens with zero attached hydrogens (tertiary/aromatic N) is 1. The first-order valence-electron chi connectivity index (χ1n) is 8.98. The van der Waals surface area contributed by atoms with Crippen molar-refractivity contribution in [1.29, 1.82) is 0 Å². The summed E-state index contributed by atoms with van der Waals surface area (Å²) in [6.45, 7) is 0. The molecule has 0 radical (unpaired) electrons. The van der Waals surface area contributed by atoms with Crippen molar-refractivity contribution in [1.82, 2.24) is 0 Å². The Kier molecular flexibility index (Phi) is 6.37. The first-order chi connectivity index (χ1) is 14.3. The van der Waals surface area contributed by atoms with Gasteiger partial charge in [0, 0.05) is 7.05 Å². The third kappa shape index (κ3) is 4.96. The molecule has 0 fully saturated rings. The van der Waals surface area contributed by atoms with Crippen molar-refractivity contribution < 1.29 is 27.1 Å². The van der Waals surface area contributed by atoms with Crippen LogP contribution in [0, 0.1) is 5.82 Å². The van der Waals surface area contributed by atoms with Gasteiger partial charge in [-0.2, -0.15) is 0 Å². The Morgan fingerprint density at radius 1 is 0.900 bits per heavy atom. The molecule has 0 atom stereocenters. The van der Waals surface area contributed by atoms with Gasteiger partial charge in [0.1, 0.15) is 17.3 Å². The second-order valence-electron chi connectivity index (χ2n) is 6.42. The summed E-state index contributed by atoms with van der Waals surface area (Å²) in [6, 6.07) is 17.8. The fourth-order valence-corrected chi connectivity index (χ4v) is 3.90. The van der Waals surface area contributed by atoms with Gasteiger partial charge in [-0.25, -0.2) is 12.8 Å². The number of carbonyl (C=O) groups excluding carboxylic acids is 1. The van der Waals surface area contributed by atoms with Crippen LogP contribution in [-0.4, -0.2) is 28.5 Å². The van der Waals surface area contributed by atoms with Crippen molar-refractivity contribution in [2.45, 2.75) is 11.3 Å². The predicted molar refractivity (Wildman–Crippen MR) is 111 cm³/mol. The molecule has 0 saturated heterocycles. The largest absolute Gasteiger partial charge is 0.497 e. The lowest BCUT2D eigenvalue weighted by atomic mass is 10.1. The summed E-state index contributed by atoms with van der Waals surface area (Å²) in [6.07, 6.45) is -0.00617. The second-order valence-corrected chi connectivity index (χ2v) is 8.39. The summed E-state index contributed by atoms with van der Waals surface area (Å²) in [4.78, 5) is 12.2. The number of sulfonamides is 1. The van der Waals surface area contributed by atoms with E-state index in [0.29, 0.717) is 17.0 Å². The highest BCUT2D eigenvalue weighted by atomic mass is 32.2. The molecule has 8 heteroatoms. The number of carbonyl (C=O) groups is 1. The summed E-state index contributed by atoms with van der Waals surface area (Å²) in [5, 5.41) is 0. The van der Waals surface area contributed by atoms with E-state index < -0.39 is 16.0 Å². The number of methoxy groups -OCH3 is 1. The zero-order valence-corrected chi connectivity index (χ0v) is 17.2. The average Bonchev–Trinajstić information content (AvgIpc) is 2.75. The van der Waals surface area contributed by atoms with Crippen LogP contribution >= 0.6 is 0 Å². The third-order valence-electron chi connectivity index (χ3n) is 4.41. The zero-order valence-electron chi connectivity index (χ0n) is 16.4. The summed E-state index contributed by atoms with van der Waals surface area (Å²) in [5.74, 6) is -0.0468. The number of halogens is 1. The fraction of sp³-hybridized carbons (Fsp3) is 0.136. The highest BCUT2D eigenvalue weighted by Gasteiger charge is 2.21. The standard InChI is InChI=1S/C22H20FNO5S/c1-24(30(26,27)21-13-11-19(28-2)12-14-21)18-7-9-20(10-8-18)29-22(25)15-16-3-5-17(23)6-4-16/h3-14H,15H2,1-2H3. The molecule has 0 bridgehead atoms. The van der Waals surface area contributed by atoms with E-state index in [1.165, 1.54) is 62.7 Å². The van der Waals surface area contributed by atoms with Crippen molar-refractivity contribution in [3.8, 4) is 11.5 Å². The van der Waals surface area contributed by atoms with E-state index >= 15 is 0 Å². The van der Waals surface area contributed by atoms with Gasteiger partial charge < -0.3 is 9.47 Å². The number of esters is 1. The molecule has 6 nitrogen and oxygen atoms in total. The molecule has 3 rings (SSSR count). The maximum Gasteiger partial charge on any atom is 0.315 e. The summed E-state index contributed by atoms with van der Waals surface area (Å²) >= 11 is 0. The molecule has 0 saturated carbocycles. The van der Waals surface area contributed by atoms with Gasteiger partial charge in [-0.1, -0.05) is 12.1 Å². The minimum absolute atomic E-state index is 0.00617. The van der Waals surface area contributed by atoms with E-state index in [1.54, 1.807) is 24.3 Å². The van der Waals surface area contributed by atoms with E-state index in [-0.39, 0.29) is 22.9 Å². The lowest BCUT2D eigenvalue weighted by Crippen LogP contribution is -2.26. The Bertz CT molecular complexity index is 1110. The lowest BCUT2D eigenvalue weighted by molar-refractivity contribution is -0.133. The Labute approximate surface area is 174 Å². The minimum Gasteiger partial charge on any atom is -0.497 e. The van der Waals surface area contributed by atoms with Crippen molar-refractivity contribution in [2.24, 2.45) is 0 Å². The van der Waals surface area contributed by atoms with E-state index in [4.69, 9.17) is 9.47 Å². The molecule has 0 unspecified atom stereocenters. The number of hydrogen-bond acceptors (Lipinski definition) is 5. The van der Waals surface area contributed by atoms with Crippen LogP contribution in [0.1, 0.15) is 5.56 Å². The van der Waals surface area contributed by atoms with E-state index in [0.717, 1.165) is 4.31 Å². The molecule has 30 heavy (non-hydrogen) atoms. The van der Waals surface area contributed by atoms with Crippen LogP contribution in [0.25, 0.3) is 0 Å². The van der Waals surface area contributed by atoms with Gasteiger partial charge in [-0.05, 0) is 66.2 Å². The van der Waals surface area contributed by atoms with Crippen LogP contribution in [-0.2, 0) is 21.2 Å². The summed E-state index contributed by atoms with van der Waals surface area (Å²) < 4.78 is 50.0. The molecule has 3 aromatic rings. The zero-order chi connectivity index (χ0) is 21.7. The Balaban J connectivity index is 1.67. The van der Waals surface area contributed by atoms with Gasteiger partial charge in [0.05, 0.1) is 24.1 Å². The van der Waals surface area contributed by atoms with Gasteiger partial charge in [0.15, 0.2) is 0 Å². The van der Waals surface area contributed by atoms with E-state index in [2.05, 4.69) is 0 Å². The second kappa shape index (κ2) is 8.96. The van der Waals surface area contributed by atoms with Crippen molar-refractivity contribution in [2.75, 3.05) is 18.5 Å². The average molecular weight is 429 g/mol. The number of ether oxygens (including phenoxy) is 2. The van der Waals surface area contributed by atoms with Crippen LogP contribution in [0.15, 0.2) is 77.7 Å². The molecule has 0 spiro atoms. The summed E-state index contributed by atoms with van der Waals surface area (Å²) in [5.41, 5.74) is 1.03. The first-order valence-corrected chi connectivity index (χ1v) is 10.4. The molecule has 156 valence electrons. The predicted octanol–water partition coefficient (Wildman–Crippen LogP) is 3.81. The summed E-state index contributed by atoms with van der Waals surface area (Å²) in [7, 11) is -0.815. The van der Waals surface area contributed by atoms with E-state index in [1.807, 2.05) is 0 Å². The Hall–Kier alpha value is -3.39. The Morgan fingerprint density at radius 2 is 1.47 bits per heavy atom. The molecular weight excluding hydrogens is 409 g/mol. The smallest absolute Gasteiger partial charge is 0.315 e. The highest BCUT2D eigenvalue weighted by Crippen LogP contribution is 2.25. The number of benzene rings is 3. The minimum atomic E-state index is -3.76. The monoisotopic (exact) mass is 429 g/mol. The maximum atomic E-state index is 12.9. The third-order valence-corrected chi connectivity index (χ3v) is 6.21. The highest BCUT2D eigenvalue weighted by molar-refractivity contribution is 7.92. The van der Waals surface area contributed by atoms with Gasteiger partial charge in [0.2, 0.25) is 0 Å². The SMILES string of the molecule is COc1ccc(S(=O)(=O)N(C)c2ccc(OC(=O)Cc3ccc(F)cc3)cc2)cc1. The van der Waals surface area contributed by atoms with Crippen molar-refractivity contribution in [3.05, 3.63) is 84.2 Å². The molecule has 0 N–H and O–H groups in total. The molecule has 3 aromatic carbocycles. The topological polar surface area (TPSA) is 72.9 Å². The molecule has 0 aliphatic rings. The molecule has 0 amide bonds. The van der Waals surface area contributed by atoms with Gasteiger partial charge >= 0.3 is 5.97 Å². The van der Waals surface area contributed by atoms with Crippen LogP contribution in [0.5, 0.6) is 11.5 Å². The lowest BCUT2D eigenvalue weighted by Gasteiger charge is -2.20. The van der Waals surface area contributed by atoms with Gasteiger partial charge in [-0.15, -0.1) is 0 Å². The van der Waals surface area contributed by atoms with Crippen LogP contribution < -0.4 is 13.8 Å². The number of hydrogen-bond donors (Lipinski definition) is 0. The van der Waals surface area contributed by atoms with Crippen LogP contribution in [0.3, 0.4) is 0 Å². The van der Waals surface area contributed by atoms with Crippen molar-refractivity contribution in [3.63, 3.8) is 0 Å². The Morgan fingerprint density at radius 3 is 2.03 bits per heavy atom. The normalized spacial score (nSPS) is 11.0. The number of anilines is 1.